The van der Waals surface area contributed by atoms with Crippen molar-refractivity contribution in [2.24, 2.45) is 17.8 Å². The lowest BCUT2D eigenvalue weighted by Crippen LogP contribution is -2.37. The second-order valence-electron chi connectivity index (χ2n) is 8.05. The number of ether oxygens (including phenoxy) is 3. The van der Waals surface area contributed by atoms with E-state index in [0.717, 1.165) is 45.1 Å². The Morgan fingerprint density at radius 1 is 1.11 bits per heavy atom. The number of benzene rings is 1. The fourth-order valence-corrected chi connectivity index (χ4v) is 4.98. The molecule has 1 amide bonds. The van der Waals surface area contributed by atoms with Crippen LogP contribution in [0.4, 0.5) is 0 Å². The number of hydrogen-bond donors (Lipinski definition) is 0. The van der Waals surface area contributed by atoms with Crippen LogP contribution in [0, 0.1) is 17.8 Å². The van der Waals surface area contributed by atoms with Crippen LogP contribution in [0.15, 0.2) is 24.3 Å². The topological polar surface area (TPSA) is 51.2 Å². The minimum absolute atomic E-state index is 0.157. The number of methoxy groups -OCH3 is 1. The van der Waals surface area contributed by atoms with Gasteiger partial charge in [0.1, 0.15) is 5.75 Å². The predicted octanol–water partition coefficient (Wildman–Crippen LogP) is 1.81. The van der Waals surface area contributed by atoms with Gasteiger partial charge in [-0.05, 0) is 23.6 Å². The molecule has 6 nitrogen and oxygen atoms in total. The standard InChI is InChI=1S/C21H30N2O4/c1-15(24)23-11-18-10-22(9-16-13-26-7-8-27-14-16)12-20(18)21(23)17-3-5-19(25-2)6-4-17/h3-6,16,18,20-21H,7-14H2,1-2H3/t18-,20-,21+/m1/s1. The summed E-state index contributed by atoms with van der Waals surface area (Å²) in [6.07, 6.45) is 0. The summed E-state index contributed by atoms with van der Waals surface area (Å²) in [5.41, 5.74) is 1.21. The zero-order chi connectivity index (χ0) is 18.8. The molecule has 1 aromatic rings. The number of fused-ring (bicyclic) bond motifs is 1. The smallest absolute Gasteiger partial charge is 0.219 e. The summed E-state index contributed by atoms with van der Waals surface area (Å²) in [5, 5.41) is 0. The summed E-state index contributed by atoms with van der Waals surface area (Å²) >= 11 is 0. The maximum Gasteiger partial charge on any atom is 0.219 e. The Balaban J connectivity index is 1.47. The van der Waals surface area contributed by atoms with Crippen molar-refractivity contribution in [1.29, 1.82) is 0 Å². The first kappa shape index (κ1) is 18.7. The first-order chi connectivity index (χ1) is 13.2. The minimum Gasteiger partial charge on any atom is -0.497 e. The van der Waals surface area contributed by atoms with Crippen molar-refractivity contribution in [2.75, 3.05) is 59.7 Å². The Kier molecular flexibility index (Phi) is 5.66. The van der Waals surface area contributed by atoms with E-state index in [1.165, 1.54) is 5.56 Å². The van der Waals surface area contributed by atoms with Crippen LogP contribution in [0.1, 0.15) is 18.5 Å². The van der Waals surface area contributed by atoms with E-state index in [-0.39, 0.29) is 11.9 Å². The van der Waals surface area contributed by atoms with Crippen molar-refractivity contribution in [1.82, 2.24) is 9.80 Å². The maximum absolute atomic E-state index is 12.3. The van der Waals surface area contributed by atoms with Crippen molar-refractivity contribution in [3.63, 3.8) is 0 Å². The molecule has 3 fully saturated rings. The lowest BCUT2D eigenvalue weighted by molar-refractivity contribution is -0.130. The van der Waals surface area contributed by atoms with Crippen molar-refractivity contribution >= 4 is 5.91 Å². The Bertz CT molecular complexity index is 642. The SMILES string of the molecule is COc1ccc([C@H]2[C@@H]3CN(CC4COCCOC4)C[C@@H]3CN2C(C)=O)cc1. The van der Waals surface area contributed by atoms with E-state index < -0.39 is 0 Å². The number of hydrogen-bond acceptors (Lipinski definition) is 5. The minimum atomic E-state index is 0.157. The van der Waals surface area contributed by atoms with Crippen LogP contribution in [0.2, 0.25) is 0 Å². The molecule has 4 rings (SSSR count). The van der Waals surface area contributed by atoms with E-state index in [1.54, 1.807) is 14.0 Å². The molecule has 0 spiro atoms. The van der Waals surface area contributed by atoms with Crippen LogP contribution in [0.25, 0.3) is 0 Å². The molecule has 0 radical (unpaired) electrons. The number of amides is 1. The molecule has 3 saturated heterocycles. The number of rotatable bonds is 4. The van der Waals surface area contributed by atoms with E-state index in [2.05, 4.69) is 21.9 Å². The van der Waals surface area contributed by atoms with E-state index in [9.17, 15) is 4.79 Å². The number of nitrogens with zero attached hydrogens (tertiary/aromatic N) is 2. The highest BCUT2D eigenvalue weighted by atomic mass is 16.5. The van der Waals surface area contributed by atoms with E-state index in [1.807, 2.05) is 12.1 Å². The highest BCUT2D eigenvalue weighted by Crippen LogP contribution is 2.45. The summed E-state index contributed by atoms with van der Waals surface area (Å²) in [5.74, 6) is 2.48. The molecule has 0 saturated carbocycles. The monoisotopic (exact) mass is 374 g/mol. The van der Waals surface area contributed by atoms with Crippen molar-refractivity contribution < 1.29 is 19.0 Å². The molecule has 6 heteroatoms. The van der Waals surface area contributed by atoms with Gasteiger partial charge in [-0.1, -0.05) is 12.1 Å². The van der Waals surface area contributed by atoms with Gasteiger partial charge in [0.05, 0.1) is 39.6 Å². The Morgan fingerprint density at radius 2 is 1.81 bits per heavy atom. The molecule has 3 aliphatic heterocycles. The molecule has 3 heterocycles. The molecule has 3 aliphatic rings. The van der Waals surface area contributed by atoms with Gasteiger partial charge in [-0.2, -0.15) is 0 Å². The normalized spacial score (nSPS) is 29.6. The van der Waals surface area contributed by atoms with Gasteiger partial charge in [0.2, 0.25) is 5.91 Å². The van der Waals surface area contributed by atoms with Crippen molar-refractivity contribution in [2.45, 2.75) is 13.0 Å². The second-order valence-corrected chi connectivity index (χ2v) is 8.05. The first-order valence-corrected chi connectivity index (χ1v) is 9.94. The second kappa shape index (κ2) is 8.17. The molecule has 0 N–H and O–H groups in total. The van der Waals surface area contributed by atoms with Crippen LogP contribution in [-0.4, -0.2) is 75.4 Å². The van der Waals surface area contributed by atoms with Gasteiger partial charge in [-0.3, -0.25) is 4.79 Å². The maximum atomic E-state index is 12.3. The summed E-state index contributed by atoms with van der Waals surface area (Å²) in [4.78, 5) is 16.9. The Hall–Kier alpha value is -1.63. The third-order valence-electron chi connectivity index (χ3n) is 6.20. The molecule has 1 aromatic carbocycles. The van der Waals surface area contributed by atoms with Gasteiger partial charge in [-0.15, -0.1) is 0 Å². The van der Waals surface area contributed by atoms with E-state index in [4.69, 9.17) is 14.2 Å². The van der Waals surface area contributed by atoms with Gasteiger partial charge in [0.25, 0.3) is 0 Å². The summed E-state index contributed by atoms with van der Waals surface area (Å²) in [6, 6.07) is 8.36. The molecule has 0 unspecified atom stereocenters. The van der Waals surface area contributed by atoms with E-state index in [0.29, 0.717) is 31.0 Å². The van der Waals surface area contributed by atoms with Gasteiger partial charge in [-0.25, -0.2) is 0 Å². The number of carbonyl (C=O) groups excluding carboxylic acids is 1. The molecular formula is C21H30N2O4. The van der Waals surface area contributed by atoms with Crippen LogP contribution in [-0.2, 0) is 14.3 Å². The van der Waals surface area contributed by atoms with Crippen LogP contribution in [0.5, 0.6) is 5.75 Å². The molecular weight excluding hydrogens is 344 g/mol. The van der Waals surface area contributed by atoms with Gasteiger partial charge >= 0.3 is 0 Å². The molecule has 27 heavy (non-hydrogen) atoms. The molecule has 3 atom stereocenters. The lowest BCUT2D eigenvalue weighted by Gasteiger charge is -2.30. The largest absolute Gasteiger partial charge is 0.497 e. The van der Waals surface area contributed by atoms with Crippen LogP contribution < -0.4 is 4.74 Å². The van der Waals surface area contributed by atoms with Crippen LogP contribution >= 0.6 is 0 Å². The van der Waals surface area contributed by atoms with Gasteiger partial charge < -0.3 is 24.0 Å². The summed E-state index contributed by atoms with van der Waals surface area (Å²) in [7, 11) is 1.68. The van der Waals surface area contributed by atoms with Gasteiger partial charge in [0.15, 0.2) is 0 Å². The van der Waals surface area contributed by atoms with Crippen molar-refractivity contribution in [3.8, 4) is 5.75 Å². The zero-order valence-corrected chi connectivity index (χ0v) is 16.3. The van der Waals surface area contributed by atoms with Crippen molar-refractivity contribution in [3.05, 3.63) is 29.8 Å². The molecule has 0 aliphatic carbocycles. The van der Waals surface area contributed by atoms with E-state index >= 15 is 0 Å². The lowest BCUT2D eigenvalue weighted by atomic mass is 9.89. The highest BCUT2D eigenvalue weighted by molar-refractivity contribution is 5.74. The number of carbonyl (C=O) groups is 1. The third-order valence-corrected chi connectivity index (χ3v) is 6.20. The van der Waals surface area contributed by atoms with Gasteiger partial charge in [0, 0.05) is 44.9 Å². The fraction of sp³-hybridized carbons (Fsp3) is 0.667. The zero-order valence-electron chi connectivity index (χ0n) is 16.3. The molecule has 0 aromatic heterocycles. The first-order valence-electron chi connectivity index (χ1n) is 9.94. The molecule has 148 valence electrons. The fourth-order valence-electron chi connectivity index (χ4n) is 4.98. The third kappa shape index (κ3) is 3.98. The Labute approximate surface area is 161 Å². The average Bonchev–Trinajstić information content (AvgIpc) is 3.09. The summed E-state index contributed by atoms with van der Waals surface area (Å²) < 4.78 is 16.6. The number of likely N-dealkylation sites (tertiary alicyclic amines) is 2. The van der Waals surface area contributed by atoms with Crippen LogP contribution in [0.3, 0.4) is 0 Å². The average molecular weight is 374 g/mol. The quantitative estimate of drug-likeness (QED) is 0.805. The summed E-state index contributed by atoms with van der Waals surface area (Å²) in [6.45, 7) is 8.62. The molecule has 0 bridgehead atoms. The Morgan fingerprint density at radius 3 is 2.44 bits per heavy atom. The predicted molar refractivity (Wildman–Crippen MR) is 102 cm³/mol. The highest BCUT2D eigenvalue weighted by Gasteiger charge is 2.48.